The molecule has 0 saturated carbocycles. The van der Waals surface area contributed by atoms with Gasteiger partial charge < -0.3 is 10.4 Å². The summed E-state index contributed by atoms with van der Waals surface area (Å²) in [6.07, 6.45) is -4.48. The van der Waals surface area contributed by atoms with Gasteiger partial charge in [0.05, 0.1) is 17.1 Å². The van der Waals surface area contributed by atoms with Crippen LogP contribution in [0.2, 0.25) is 0 Å². The van der Waals surface area contributed by atoms with E-state index in [4.69, 9.17) is 0 Å². The van der Waals surface area contributed by atoms with E-state index in [0.29, 0.717) is 11.3 Å². The molecule has 1 atom stereocenters. The van der Waals surface area contributed by atoms with Crippen LogP contribution < -0.4 is 5.32 Å². The molecule has 0 aliphatic carbocycles. The quantitative estimate of drug-likeness (QED) is 0.771. The van der Waals surface area contributed by atoms with Crippen molar-refractivity contribution in [3.63, 3.8) is 0 Å². The highest BCUT2D eigenvalue weighted by atomic mass is 32.2. The van der Waals surface area contributed by atoms with Crippen LogP contribution in [-0.4, -0.2) is 16.3 Å². The topological polar surface area (TPSA) is 49.3 Å². The Kier molecular flexibility index (Phi) is 5.56. The first kappa shape index (κ1) is 19.4. The molecule has 7 heteroatoms. The van der Waals surface area contributed by atoms with Gasteiger partial charge in [-0.3, -0.25) is 0 Å². The van der Waals surface area contributed by atoms with Crippen LogP contribution in [0.4, 0.5) is 13.2 Å². The molecule has 1 heterocycles. The van der Waals surface area contributed by atoms with Gasteiger partial charge in [-0.2, -0.15) is 13.2 Å². The number of aliphatic carboxylic acids is 1. The summed E-state index contributed by atoms with van der Waals surface area (Å²) in [6, 6.07) is 4.91. The third-order valence-electron chi connectivity index (χ3n) is 3.84. The van der Waals surface area contributed by atoms with Gasteiger partial charge in [-0.05, 0) is 25.5 Å². The molecule has 1 aliphatic heterocycles. The van der Waals surface area contributed by atoms with Crippen molar-refractivity contribution < 1.29 is 23.1 Å². The van der Waals surface area contributed by atoms with E-state index in [1.807, 2.05) is 20.8 Å². The van der Waals surface area contributed by atoms with Crippen molar-refractivity contribution >= 4 is 17.7 Å². The number of hydrogen-bond donors (Lipinski definition) is 2. The summed E-state index contributed by atoms with van der Waals surface area (Å²) >= 11 is 1.46. The molecule has 0 fully saturated rings. The van der Waals surface area contributed by atoms with Gasteiger partial charge in [0.15, 0.2) is 0 Å². The van der Waals surface area contributed by atoms with Gasteiger partial charge in [0.2, 0.25) is 0 Å². The number of rotatable bonds is 4. The average Bonchev–Trinajstić information content (AvgIpc) is 2.48. The molecule has 1 aliphatic rings. The molecule has 1 unspecified atom stereocenters. The van der Waals surface area contributed by atoms with Crippen LogP contribution >= 0.6 is 11.8 Å². The van der Waals surface area contributed by atoms with Crippen LogP contribution in [-0.2, 0) is 11.0 Å². The fourth-order valence-corrected chi connectivity index (χ4v) is 4.01. The van der Waals surface area contributed by atoms with Gasteiger partial charge in [-0.15, -0.1) is 11.8 Å². The van der Waals surface area contributed by atoms with Crippen LogP contribution in [0.15, 0.2) is 46.1 Å². The summed E-state index contributed by atoms with van der Waals surface area (Å²) in [7, 11) is 0. The highest BCUT2D eigenvalue weighted by Gasteiger charge is 2.36. The first-order valence-electron chi connectivity index (χ1n) is 7.78. The smallest absolute Gasteiger partial charge is 0.416 e. The molecule has 136 valence electrons. The van der Waals surface area contributed by atoms with E-state index in [1.54, 1.807) is 13.0 Å². The summed E-state index contributed by atoms with van der Waals surface area (Å²) in [5, 5.41) is 12.9. The minimum Gasteiger partial charge on any atom is -0.478 e. The van der Waals surface area contributed by atoms with E-state index < -0.39 is 23.6 Å². The van der Waals surface area contributed by atoms with Gasteiger partial charge in [0.1, 0.15) is 0 Å². The van der Waals surface area contributed by atoms with Crippen LogP contribution in [0.1, 0.15) is 44.7 Å². The maximum Gasteiger partial charge on any atom is 0.416 e. The first-order valence-corrected chi connectivity index (χ1v) is 8.66. The number of allylic oxidation sites excluding steroid dienone is 3. The summed E-state index contributed by atoms with van der Waals surface area (Å²) in [5.41, 5.74) is 0.838. The van der Waals surface area contributed by atoms with E-state index in [0.717, 1.165) is 22.7 Å². The number of carboxylic acids is 1. The maximum atomic E-state index is 13.1. The van der Waals surface area contributed by atoms with E-state index in [-0.39, 0.29) is 10.8 Å². The fourth-order valence-electron chi connectivity index (χ4n) is 2.88. The van der Waals surface area contributed by atoms with Crippen molar-refractivity contribution in [1.29, 1.82) is 0 Å². The summed E-state index contributed by atoms with van der Waals surface area (Å²) in [5.74, 6) is -1.87. The molecular weight excluding hydrogens is 351 g/mol. The second-order valence-electron chi connectivity index (χ2n) is 6.18. The minimum absolute atomic E-state index is 0.0769. The van der Waals surface area contributed by atoms with E-state index in [1.165, 1.54) is 17.8 Å². The zero-order valence-electron chi connectivity index (χ0n) is 14.4. The summed E-state index contributed by atoms with van der Waals surface area (Å²) in [4.78, 5) is 12.6. The number of alkyl halides is 3. The molecule has 0 amide bonds. The van der Waals surface area contributed by atoms with Crippen molar-refractivity contribution in [3.8, 4) is 0 Å². The third-order valence-corrected chi connectivity index (χ3v) is 5.11. The number of benzene rings is 1. The van der Waals surface area contributed by atoms with Crippen molar-refractivity contribution in [2.24, 2.45) is 0 Å². The lowest BCUT2D eigenvalue weighted by molar-refractivity contribution is -0.137. The predicted octanol–water partition coefficient (Wildman–Crippen LogP) is 5.12. The zero-order valence-corrected chi connectivity index (χ0v) is 15.2. The Labute approximate surface area is 149 Å². The average molecular weight is 371 g/mol. The lowest BCUT2D eigenvalue weighted by Crippen LogP contribution is -2.27. The fraction of sp³-hybridized carbons (Fsp3) is 0.389. The van der Waals surface area contributed by atoms with Gasteiger partial charge in [-0.25, -0.2) is 4.79 Å². The molecule has 0 aromatic heterocycles. The Morgan fingerprint density at radius 1 is 1.24 bits per heavy atom. The summed E-state index contributed by atoms with van der Waals surface area (Å²) < 4.78 is 39.3. The van der Waals surface area contributed by atoms with E-state index in [2.05, 4.69) is 5.32 Å². The number of carboxylic acid groups (broad SMARTS) is 1. The third kappa shape index (κ3) is 4.21. The Morgan fingerprint density at radius 3 is 2.40 bits per heavy atom. The van der Waals surface area contributed by atoms with E-state index in [9.17, 15) is 23.1 Å². The normalized spacial score (nSPS) is 18.6. The molecule has 2 rings (SSSR count). The Morgan fingerprint density at radius 2 is 1.88 bits per heavy atom. The molecule has 0 radical (unpaired) electrons. The highest BCUT2D eigenvalue weighted by Crippen LogP contribution is 2.45. The lowest BCUT2D eigenvalue weighted by atomic mass is 9.86. The predicted molar refractivity (Wildman–Crippen MR) is 93.1 cm³/mol. The zero-order chi connectivity index (χ0) is 18.9. The van der Waals surface area contributed by atoms with Gasteiger partial charge >= 0.3 is 12.1 Å². The molecule has 2 N–H and O–H groups in total. The maximum absolute atomic E-state index is 13.1. The second kappa shape index (κ2) is 7.15. The molecular formula is C18H20F3NO2S. The molecule has 0 bridgehead atoms. The molecule has 1 aromatic carbocycles. The van der Waals surface area contributed by atoms with Crippen molar-refractivity contribution in [3.05, 3.63) is 57.3 Å². The Hall–Kier alpha value is -1.89. The van der Waals surface area contributed by atoms with Gasteiger partial charge in [0, 0.05) is 21.5 Å². The van der Waals surface area contributed by atoms with Crippen molar-refractivity contribution in [2.75, 3.05) is 0 Å². The molecule has 0 spiro atoms. The number of halogens is 3. The van der Waals surface area contributed by atoms with Crippen LogP contribution in [0, 0.1) is 0 Å². The number of thioether (sulfide) groups is 1. The SMILES string of the molecule is CC1=C(SC(C)C)C(c2cccc(C(F)(F)F)c2)C(C(=O)O)=C(C)N1. The molecule has 25 heavy (non-hydrogen) atoms. The number of hydrogen-bond acceptors (Lipinski definition) is 3. The summed E-state index contributed by atoms with van der Waals surface area (Å²) in [6.45, 7) is 7.36. The minimum atomic E-state index is -4.48. The lowest BCUT2D eigenvalue weighted by Gasteiger charge is -2.31. The monoisotopic (exact) mass is 371 g/mol. The van der Waals surface area contributed by atoms with Crippen LogP contribution in [0.25, 0.3) is 0 Å². The van der Waals surface area contributed by atoms with Crippen molar-refractivity contribution in [2.45, 2.75) is 45.0 Å². The second-order valence-corrected chi connectivity index (χ2v) is 7.80. The van der Waals surface area contributed by atoms with Gasteiger partial charge in [-0.1, -0.05) is 32.0 Å². The number of dihydropyridines is 1. The standard InChI is InChI=1S/C18H20F3NO2S/c1-9(2)25-16-11(4)22-10(3)14(17(23)24)15(16)12-6-5-7-13(8-12)18(19,20)21/h5-9,15,22H,1-4H3,(H,23,24). The van der Waals surface area contributed by atoms with E-state index >= 15 is 0 Å². The van der Waals surface area contributed by atoms with Crippen molar-refractivity contribution in [1.82, 2.24) is 5.32 Å². The van der Waals surface area contributed by atoms with Gasteiger partial charge in [0.25, 0.3) is 0 Å². The highest BCUT2D eigenvalue weighted by molar-refractivity contribution is 8.03. The first-order chi connectivity index (χ1) is 11.5. The molecule has 3 nitrogen and oxygen atoms in total. The largest absolute Gasteiger partial charge is 0.478 e. The Bertz CT molecular complexity index is 751. The number of nitrogens with one attached hydrogen (secondary N) is 1. The Balaban J connectivity index is 2.65. The van der Waals surface area contributed by atoms with Crippen LogP contribution in [0.3, 0.4) is 0 Å². The molecule has 0 saturated heterocycles. The van der Waals surface area contributed by atoms with Crippen LogP contribution in [0.5, 0.6) is 0 Å². The number of carbonyl (C=O) groups is 1. The molecule has 1 aromatic rings.